The Morgan fingerprint density at radius 3 is 2.17 bits per heavy atom. The summed E-state index contributed by atoms with van der Waals surface area (Å²) in [6.07, 6.45) is 3.72. The Morgan fingerprint density at radius 2 is 1.48 bits per heavy atom. The number of rotatable bonds is 5. The van der Waals surface area contributed by atoms with Gasteiger partial charge in [-0.2, -0.15) is 15.1 Å². The first-order chi connectivity index (χ1) is 14.4. The molecule has 7 heteroatoms. The molecule has 7 nitrogen and oxygen atoms in total. The van der Waals surface area contributed by atoms with Crippen LogP contribution in [-0.4, -0.2) is 33.0 Å². The van der Waals surface area contributed by atoms with Gasteiger partial charge in [-0.05, 0) is 37.1 Å². The van der Waals surface area contributed by atoms with Crippen molar-refractivity contribution >= 4 is 34.2 Å². The highest BCUT2D eigenvalue weighted by Gasteiger charge is 2.21. The van der Waals surface area contributed by atoms with Gasteiger partial charge in [0.25, 0.3) is 0 Å². The Morgan fingerprint density at radius 1 is 0.828 bits per heavy atom. The molecule has 2 aromatic carbocycles. The summed E-state index contributed by atoms with van der Waals surface area (Å²) in [7, 11) is 0. The Balaban J connectivity index is 1.58. The van der Waals surface area contributed by atoms with Crippen molar-refractivity contribution in [2.24, 2.45) is 0 Å². The summed E-state index contributed by atoms with van der Waals surface area (Å²) < 4.78 is 7.54. The van der Waals surface area contributed by atoms with Crippen LogP contribution in [0.25, 0.3) is 11.0 Å². The summed E-state index contributed by atoms with van der Waals surface area (Å²) in [4.78, 5) is 9.54. The molecule has 2 aromatic heterocycles. The maximum Gasteiger partial charge on any atom is 0.231 e. The van der Waals surface area contributed by atoms with Crippen LogP contribution in [0.1, 0.15) is 18.9 Å². The lowest BCUT2D eigenvalue weighted by atomic mass is 10.1. The molecule has 0 unspecified atom stereocenters. The molecule has 0 bridgehead atoms. The number of anilines is 4. The van der Waals surface area contributed by atoms with Crippen LogP contribution in [0.2, 0.25) is 0 Å². The molecule has 5 rings (SSSR count). The summed E-state index contributed by atoms with van der Waals surface area (Å²) in [6.45, 7) is 1.50. The summed E-state index contributed by atoms with van der Waals surface area (Å²) in [6, 6.07) is 20.2. The Bertz CT molecular complexity index is 1090. The van der Waals surface area contributed by atoms with Crippen LogP contribution >= 0.6 is 0 Å². The molecule has 146 valence electrons. The highest BCUT2D eigenvalue weighted by atomic mass is 16.5. The molecule has 1 saturated heterocycles. The fourth-order valence-corrected chi connectivity index (χ4v) is 3.58. The highest BCUT2D eigenvalue weighted by molar-refractivity contribution is 5.89. The number of para-hydroxylation sites is 2. The van der Waals surface area contributed by atoms with Crippen LogP contribution in [0.3, 0.4) is 0 Å². The lowest BCUT2D eigenvalue weighted by Crippen LogP contribution is -2.20. The normalized spacial score (nSPS) is 14.8. The molecule has 0 spiro atoms. The molecule has 1 aliphatic rings. The number of nitrogens with zero attached hydrogens (tertiary/aromatic N) is 4. The van der Waals surface area contributed by atoms with Crippen molar-refractivity contribution in [2.75, 3.05) is 23.8 Å². The van der Waals surface area contributed by atoms with E-state index in [1.54, 1.807) is 0 Å². The zero-order valence-electron chi connectivity index (χ0n) is 16.0. The molecule has 1 aliphatic heterocycles. The van der Waals surface area contributed by atoms with Gasteiger partial charge < -0.3 is 15.4 Å². The first-order valence-corrected chi connectivity index (χ1v) is 9.84. The number of fused-ring (bicyclic) bond motifs is 1. The predicted octanol–water partition coefficient (Wildman–Crippen LogP) is 4.67. The van der Waals surface area contributed by atoms with E-state index < -0.39 is 0 Å². The maximum atomic E-state index is 5.52. The fraction of sp³-hybridized carbons (Fsp3) is 0.227. The van der Waals surface area contributed by atoms with Gasteiger partial charge in [0, 0.05) is 24.6 Å². The van der Waals surface area contributed by atoms with Crippen LogP contribution in [0.15, 0.2) is 66.9 Å². The minimum absolute atomic E-state index is 0.283. The third-order valence-electron chi connectivity index (χ3n) is 5.06. The minimum atomic E-state index is 0.283. The number of nitrogens with one attached hydrogen (secondary N) is 2. The second-order valence-corrected chi connectivity index (χ2v) is 7.05. The van der Waals surface area contributed by atoms with Gasteiger partial charge in [0.2, 0.25) is 5.95 Å². The molecule has 3 heterocycles. The molecule has 0 amide bonds. The third kappa shape index (κ3) is 3.77. The van der Waals surface area contributed by atoms with Gasteiger partial charge in [-0.3, -0.25) is 0 Å². The number of ether oxygens (including phenoxy) is 1. The van der Waals surface area contributed by atoms with Gasteiger partial charge in [0.05, 0.1) is 17.6 Å². The van der Waals surface area contributed by atoms with Gasteiger partial charge in [0.15, 0.2) is 5.65 Å². The van der Waals surface area contributed by atoms with Crippen LogP contribution in [0, 0.1) is 0 Å². The molecule has 0 saturated carbocycles. The molecular weight excluding hydrogens is 364 g/mol. The third-order valence-corrected chi connectivity index (χ3v) is 5.06. The average Bonchev–Trinajstić information content (AvgIpc) is 3.20. The minimum Gasteiger partial charge on any atom is -0.381 e. The van der Waals surface area contributed by atoms with Gasteiger partial charge in [-0.15, -0.1) is 0 Å². The first kappa shape index (κ1) is 17.6. The quantitative estimate of drug-likeness (QED) is 0.519. The molecule has 0 atom stereocenters. The summed E-state index contributed by atoms with van der Waals surface area (Å²) >= 11 is 0. The zero-order valence-corrected chi connectivity index (χ0v) is 16.0. The zero-order chi connectivity index (χ0) is 19.5. The standard InChI is InChI=1S/C22H22N6O/c1-3-7-16(8-4-1)24-20-19-15-23-28(18-11-13-29-14-12-18)21(19)27-22(26-20)25-17-9-5-2-6-10-17/h1-10,15,18H,11-14H2,(H2,24,25,26,27). The van der Waals surface area contributed by atoms with Crippen molar-refractivity contribution in [3.8, 4) is 0 Å². The summed E-state index contributed by atoms with van der Waals surface area (Å²) in [5.74, 6) is 1.27. The Kier molecular flexibility index (Phi) is 4.80. The largest absolute Gasteiger partial charge is 0.381 e. The van der Waals surface area contributed by atoms with E-state index >= 15 is 0 Å². The molecule has 4 aromatic rings. The predicted molar refractivity (Wildman–Crippen MR) is 114 cm³/mol. The van der Waals surface area contributed by atoms with Crippen molar-refractivity contribution in [1.82, 2.24) is 19.7 Å². The van der Waals surface area contributed by atoms with E-state index in [9.17, 15) is 0 Å². The fourth-order valence-electron chi connectivity index (χ4n) is 3.58. The van der Waals surface area contributed by atoms with E-state index in [1.807, 2.05) is 71.5 Å². The SMILES string of the molecule is c1ccc(Nc2nc(Nc3ccccc3)c3cnn(C4CCOCC4)c3n2)cc1. The van der Waals surface area contributed by atoms with E-state index in [2.05, 4.69) is 15.7 Å². The van der Waals surface area contributed by atoms with Gasteiger partial charge in [-0.1, -0.05) is 36.4 Å². The summed E-state index contributed by atoms with van der Waals surface area (Å²) in [5, 5.41) is 12.3. The second-order valence-electron chi connectivity index (χ2n) is 7.05. The monoisotopic (exact) mass is 386 g/mol. The Labute approximate surface area is 168 Å². The van der Waals surface area contributed by atoms with Gasteiger partial charge in [-0.25, -0.2) is 4.68 Å². The highest BCUT2D eigenvalue weighted by Crippen LogP contribution is 2.30. The molecule has 0 aliphatic carbocycles. The lowest BCUT2D eigenvalue weighted by molar-refractivity contribution is 0.0673. The van der Waals surface area contributed by atoms with E-state index in [4.69, 9.17) is 14.7 Å². The number of benzene rings is 2. The smallest absolute Gasteiger partial charge is 0.231 e. The molecule has 1 fully saturated rings. The first-order valence-electron chi connectivity index (χ1n) is 9.84. The van der Waals surface area contributed by atoms with E-state index in [1.165, 1.54) is 0 Å². The van der Waals surface area contributed by atoms with Crippen molar-refractivity contribution in [3.05, 3.63) is 66.9 Å². The molecular formula is C22H22N6O. The van der Waals surface area contributed by atoms with Crippen LogP contribution < -0.4 is 10.6 Å². The average molecular weight is 386 g/mol. The van der Waals surface area contributed by atoms with E-state index in [0.717, 1.165) is 54.3 Å². The van der Waals surface area contributed by atoms with Crippen molar-refractivity contribution < 1.29 is 4.74 Å². The van der Waals surface area contributed by atoms with E-state index in [-0.39, 0.29) is 6.04 Å². The maximum absolute atomic E-state index is 5.52. The van der Waals surface area contributed by atoms with Crippen molar-refractivity contribution in [3.63, 3.8) is 0 Å². The topological polar surface area (TPSA) is 76.9 Å². The van der Waals surface area contributed by atoms with Crippen molar-refractivity contribution in [2.45, 2.75) is 18.9 Å². The lowest BCUT2D eigenvalue weighted by Gasteiger charge is -2.22. The Hall–Kier alpha value is -3.45. The molecule has 0 radical (unpaired) electrons. The van der Waals surface area contributed by atoms with Crippen LogP contribution in [0.5, 0.6) is 0 Å². The summed E-state index contributed by atoms with van der Waals surface area (Å²) in [5.41, 5.74) is 2.73. The van der Waals surface area contributed by atoms with E-state index in [0.29, 0.717) is 5.95 Å². The second kappa shape index (κ2) is 7.89. The molecule has 2 N–H and O–H groups in total. The number of hydrogen-bond donors (Lipinski definition) is 2. The number of hydrogen-bond acceptors (Lipinski definition) is 6. The molecule has 29 heavy (non-hydrogen) atoms. The van der Waals surface area contributed by atoms with Gasteiger partial charge in [0.1, 0.15) is 5.82 Å². The van der Waals surface area contributed by atoms with Gasteiger partial charge >= 0.3 is 0 Å². The number of aromatic nitrogens is 4. The van der Waals surface area contributed by atoms with Crippen LogP contribution in [-0.2, 0) is 4.74 Å². The van der Waals surface area contributed by atoms with Crippen molar-refractivity contribution in [1.29, 1.82) is 0 Å². The van der Waals surface area contributed by atoms with Crippen LogP contribution in [0.4, 0.5) is 23.1 Å².